The van der Waals surface area contributed by atoms with Crippen molar-refractivity contribution in [1.82, 2.24) is 0 Å². The molecule has 1 aliphatic rings. The van der Waals surface area contributed by atoms with Crippen molar-refractivity contribution < 1.29 is 0 Å². The van der Waals surface area contributed by atoms with E-state index in [-0.39, 0.29) is 5.41 Å². The monoisotopic (exact) mass is 267 g/mol. The van der Waals surface area contributed by atoms with Gasteiger partial charge in [0.1, 0.15) is 5.54 Å². The molecule has 1 aliphatic carbocycles. The summed E-state index contributed by atoms with van der Waals surface area (Å²) in [5.41, 5.74) is 1.67. The largest absolute Gasteiger partial charge is 0.367 e. The van der Waals surface area contributed by atoms with Crippen LogP contribution in [0.2, 0.25) is 0 Å². The van der Waals surface area contributed by atoms with Gasteiger partial charge >= 0.3 is 0 Å². The number of nitrogens with one attached hydrogen (secondary N) is 1. The standard InChI is InChI=1S/C17H21N3/c1-13-10-16(2,3)11-17(13,12-19)20-15-6-4-14(5-7-15)8-9-18/h4-7,13,20H,8,10-11H2,1-3H3/t13-,17-/m1/s1. The van der Waals surface area contributed by atoms with Gasteiger partial charge in [-0.3, -0.25) is 0 Å². The first-order valence-electron chi connectivity index (χ1n) is 7.06. The predicted molar refractivity (Wildman–Crippen MR) is 79.9 cm³/mol. The summed E-state index contributed by atoms with van der Waals surface area (Å²) in [5, 5.41) is 21.8. The summed E-state index contributed by atoms with van der Waals surface area (Å²) in [6.07, 6.45) is 2.34. The molecule has 0 unspecified atom stereocenters. The van der Waals surface area contributed by atoms with Crippen LogP contribution in [0.3, 0.4) is 0 Å². The smallest absolute Gasteiger partial charge is 0.128 e. The molecule has 0 saturated heterocycles. The Morgan fingerprint density at radius 2 is 1.90 bits per heavy atom. The van der Waals surface area contributed by atoms with Gasteiger partial charge in [-0.1, -0.05) is 32.9 Å². The molecule has 1 N–H and O–H groups in total. The molecule has 1 aromatic rings. The second-order valence-electron chi connectivity index (χ2n) is 6.69. The summed E-state index contributed by atoms with van der Waals surface area (Å²) < 4.78 is 0. The second kappa shape index (κ2) is 5.17. The fourth-order valence-corrected chi connectivity index (χ4v) is 3.40. The highest BCUT2D eigenvalue weighted by molar-refractivity contribution is 5.50. The number of nitrogens with zero attached hydrogens (tertiary/aromatic N) is 2. The predicted octanol–water partition coefficient (Wildman–Crippen LogP) is 3.88. The Morgan fingerprint density at radius 3 is 2.35 bits per heavy atom. The zero-order valence-electron chi connectivity index (χ0n) is 12.4. The summed E-state index contributed by atoms with van der Waals surface area (Å²) in [7, 11) is 0. The molecule has 0 heterocycles. The highest BCUT2D eigenvalue weighted by atomic mass is 15.0. The highest BCUT2D eigenvalue weighted by Gasteiger charge is 2.49. The molecule has 1 aromatic carbocycles. The van der Waals surface area contributed by atoms with Gasteiger partial charge in [-0.05, 0) is 41.9 Å². The van der Waals surface area contributed by atoms with Gasteiger partial charge in [-0.25, -0.2) is 0 Å². The van der Waals surface area contributed by atoms with E-state index >= 15 is 0 Å². The first-order valence-corrected chi connectivity index (χ1v) is 7.06. The zero-order valence-corrected chi connectivity index (χ0v) is 12.4. The Morgan fingerprint density at radius 1 is 1.25 bits per heavy atom. The molecule has 2 atom stereocenters. The molecule has 0 radical (unpaired) electrons. The van der Waals surface area contributed by atoms with Crippen LogP contribution < -0.4 is 5.32 Å². The quantitative estimate of drug-likeness (QED) is 0.904. The Bertz CT molecular complexity index is 559. The third-order valence-corrected chi connectivity index (χ3v) is 4.26. The van der Waals surface area contributed by atoms with Gasteiger partial charge in [0.25, 0.3) is 0 Å². The van der Waals surface area contributed by atoms with Crippen molar-refractivity contribution >= 4 is 5.69 Å². The SMILES string of the molecule is C[C@@H]1CC(C)(C)C[C@]1(C#N)Nc1ccc(CC#N)cc1. The first-order chi connectivity index (χ1) is 9.41. The molecule has 104 valence electrons. The van der Waals surface area contributed by atoms with Crippen molar-refractivity contribution in [2.45, 2.75) is 45.6 Å². The van der Waals surface area contributed by atoms with Crippen LogP contribution in [-0.4, -0.2) is 5.54 Å². The number of hydrogen-bond acceptors (Lipinski definition) is 3. The van der Waals surface area contributed by atoms with Gasteiger partial charge in [0, 0.05) is 5.69 Å². The van der Waals surface area contributed by atoms with Crippen molar-refractivity contribution in [2.24, 2.45) is 11.3 Å². The van der Waals surface area contributed by atoms with Gasteiger partial charge in [0.15, 0.2) is 0 Å². The van der Waals surface area contributed by atoms with Crippen LogP contribution in [0.25, 0.3) is 0 Å². The molecule has 3 heteroatoms. The van der Waals surface area contributed by atoms with Crippen LogP contribution >= 0.6 is 0 Å². The van der Waals surface area contributed by atoms with Gasteiger partial charge in [-0.2, -0.15) is 10.5 Å². The van der Waals surface area contributed by atoms with E-state index in [4.69, 9.17) is 5.26 Å². The van der Waals surface area contributed by atoms with Crippen molar-refractivity contribution in [2.75, 3.05) is 5.32 Å². The van der Waals surface area contributed by atoms with E-state index in [0.717, 1.165) is 24.1 Å². The number of hydrogen-bond donors (Lipinski definition) is 1. The summed E-state index contributed by atoms with van der Waals surface area (Å²) in [6, 6.07) is 12.5. The fourth-order valence-electron chi connectivity index (χ4n) is 3.40. The van der Waals surface area contributed by atoms with Gasteiger partial charge in [0.2, 0.25) is 0 Å². The maximum Gasteiger partial charge on any atom is 0.128 e. The second-order valence-corrected chi connectivity index (χ2v) is 6.69. The third-order valence-electron chi connectivity index (χ3n) is 4.26. The fraction of sp³-hybridized carbons (Fsp3) is 0.529. The van der Waals surface area contributed by atoms with Gasteiger partial charge in [-0.15, -0.1) is 0 Å². The number of anilines is 1. The lowest BCUT2D eigenvalue weighted by molar-refractivity contribution is 0.363. The molecule has 20 heavy (non-hydrogen) atoms. The van der Waals surface area contributed by atoms with E-state index in [1.165, 1.54) is 0 Å². The first kappa shape index (κ1) is 14.4. The Labute approximate surface area is 121 Å². The molecule has 0 bridgehead atoms. The van der Waals surface area contributed by atoms with Crippen LogP contribution in [0.5, 0.6) is 0 Å². The zero-order chi connectivity index (χ0) is 14.8. The molecule has 0 aliphatic heterocycles. The van der Waals surface area contributed by atoms with Crippen LogP contribution in [0.15, 0.2) is 24.3 Å². The summed E-state index contributed by atoms with van der Waals surface area (Å²) >= 11 is 0. The minimum absolute atomic E-state index is 0.197. The van der Waals surface area contributed by atoms with Crippen molar-refractivity contribution in [3.05, 3.63) is 29.8 Å². The molecule has 1 fully saturated rings. The van der Waals surface area contributed by atoms with E-state index in [0.29, 0.717) is 12.3 Å². The maximum absolute atomic E-state index is 9.66. The Kier molecular flexibility index (Phi) is 3.73. The molecule has 2 rings (SSSR count). The molecule has 0 aromatic heterocycles. The third kappa shape index (κ3) is 2.78. The number of benzene rings is 1. The van der Waals surface area contributed by atoms with Crippen LogP contribution in [-0.2, 0) is 6.42 Å². The molecule has 0 spiro atoms. The van der Waals surface area contributed by atoms with Crippen molar-refractivity contribution in [3.8, 4) is 12.1 Å². The maximum atomic E-state index is 9.66. The van der Waals surface area contributed by atoms with E-state index in [1.807, 2.05) is 24.3 Å². The summed E-state index contributed by atoms with van der Waals surface area (Å²) in [4.78, 5) is 0. The van der Waals surface area contributed by atoms with E-state index < -0.39 is 5.54 Å². The lowest BCUT2D eigenvalue weighted by Crippen LogP contribution is -2.39. The molecular weight excluding hydrogens is 246 g/mol. The normalized spacial score (nSPS) is 27.6. The summed E-state index contributed by atoms with van der Waals surface area (Å²) in [5.74, 6) is 0.321. The molecular formula is C17H21N3. The van der Waals surface area contributed by atoms with E-state index in [9.17, 15) is 5.26 Å². The van der Waals surface area contributed by atoms with E-state index in [1.54, 1.807) is 0 Å². The Balaban J connectivity index is 2.19. The molecule has 1 saturated carbocycles. The highest BCUT2D eigenvalue weighted by Crippen LogP contribution is 2.48. The minimum Gasteiger partial charge on any atom is -0.367 e. The average Bonchev–Trinajstić information content (AvgIpc) is 2.62. The van der Waals surface area contributed by atoms with Gasteiger partial charge in [0.05, 0.1) is 18.6 Å². The van der Waals surface area contributed by atoms with Crippen LogP contribution in [0, 0.1) is 34.0 Å². The minimum atomic E-state index is -0.486. The van der Waals surface area contributed by atoms with Crippen molar-refractivity contribution in [1.29, 1.82) is 10.5 Å². The van der Waals surface area contributed by atoms with Crippen molar-refractivity contribution in [3.63, 3.8) is 0 Å². The number of rotatable bonds is 3. The van der Waals surface area contributed by atoms with E-state index in [2.05, 4.69) is 38.2 Å². The number of nitriles is 2. The summed E-state index contributed by atoms with van der Waals surface area (Å²) in [6.45, 7) is 6.59. The topological polar surface area (TPSA) is 59.6 Å². The average molecular weight is 267 g/mol. The van der Waals surface area contributed by atoms with Crippen LogP contribution in [0.1, 0.15) is 39.2 Å². The van der Waals surface area contributed by atoms with Gasteiger partial charge < -0.3 is 5.32 Å². The lowest BCUT2D eigenvalue weighted by Gasteiger charge is -2.29. The Hall–Kier alpha value is -2.00. The lowest BCUT2D eigenvalue weighted by atomic mass is 9.87. The molecule has 3 nitrogen and oxygen atoms in total. The van der Waals surface area contributed by atoms with Crippen LogP contribution in [0.4, 0.5) is 5.69 Å². The molecule has 0 amide bonds.